The summed E-state index contributed by atoms with van der Waals surface area (Å²) in [7, 11) is 1.62. The highest BCUT2D eigenvalue weighted by atomic mass is 19.1. The fourth-order valence-corrected chi connectivity index (χ4v) is 2.19. The van der Waals surface area contributed by atoms with Gasteiger partial charge in [0.1, 0.15) is 17.4 Å². The first-order valence-corrected chi connectivity index (χ1v) is 7.42. The third-order valence-electron chi connectivity index (χ3n) is 3.34. The van der Waals surface area contributed by atoms with Gasteiger partial charge in [0.15, 0.2) is 0 Å². The van der Waals surface area contributed by atoms with E-state index in [0.717, 1.165) is 17.1 Å². The number of para-hydroxylation sites is 1. The van der Waals surface area contributed by atoms with Crippen LogP contribution < -0.4 is 15.4 Å². The van der Waals surface area contributed by atoms with Gasteiger partial charge in [-0.15, -0.1) is 0 Å². The Labute approximate surface area is 139 Å². The molecule has 2 N–H and O–H groups in total. The van der Waals surface area contributed by atoms with E-state index in [2.05, 4.69) is 20.6 Å². The van der Waals surface area contributed by atoms with Gasteiger partial charge < -0.3 is 15.4 Å². The van der Waals surface area contributed by atoms with Crippen LogP contribution in [0, 0.1) is 12.7 Å². The molecule has 0 atom stereocenters. The van der Waals surface area contributed by atoms with Gasteiger partial charge in [0.25, 0.3) is 0 Å². The lowest BCUT2D eigenvalue weighted by Gasteiger charge is -2.11. The van der Waals surface area contributed by atoms with Crippen molar-refractivity contribution in [1.82, 2.24) is 9.97 Å². The predicted molar refractivity (Wildman–Crippen MR) is 92.7 cm³/mol. The van der Waals surface area contributed by atoms with Crippen LogP contribution in [0.5, 0.6) is 5.75 Å². The first kappa shape index (κ1) is 15.7. The average molecular weight is 324 g/mol. The summed E-state index contributed by atoms with van der Waals surface area (Å²) in [6.45, 7) is 1.85. The summed E-state index contributed by atoms with van der Waals surface area (Å²) in [4.78, 5) is 8.67. The van der Waals surface area contributed by atoms with Crippen LogP contribution in [0.1, 0.15) is 5.69 Å². The van der Waals surface area contributed by atoms with Crippen LogP contribution >= 0.6 is 0 Å². The van der Waals surface area contributed by atoms with Crippen LogP contribution in [0.25, 0.3) is 0 Å². The smallest absolute Gasteiger partial charge is 0.229 e. The van der Waals surface area contributed by atoms with Crippen molar-refractivity contribution in [1.29, 1.82) is 0 Å². The van der Waals surface area contributed by atoms with E-state index in [1.165, 1.54) is 6.07 Å². The Morgan fingerprint density at radius 1 is 0.958 bits per heavy atom. The number of rotatable bonds is 5. The minimum absolute atomic E-state index is 0.330. The molecule has 0 saturated heterocycles. The number of ether oxygens (including phenoxy) is 1. The predicted octanol–water partition coefficient (Wildman–Crippen LogP) is 4.42. The second kappa shape index (κ2) is 6.95. The lowest BCUT2D eigenvalue weighted by Crippen LogP contribution is -2.03. The van der Waals surface area contributed by atoms with E-state index in [9.17, 15) is 4.39 Å². The number of methoxy groups -OCH3 is 1. The average Bonchev–Trinajstić information content (AvgIpc) is 2.57. The van der Waals surface area contributed by atoms with E-state index >= 15 is 0 Å². The van der Waals surface area contributed by atoms with Gasteiger partial charge in [0, 0.05) is 17.4 Å². The molecule has 0 aliphatic rings. The van der Waals surface area contributed by atoms with Crippen molar-refractivity contribution < 1.29 is 9.13 Å². The number of hydrogen-bond donors (Lipinski definition) is 2. The molecule has 0 radical (unpaired) electrons. The molecule has 3 rings (SSSR count). The summed E-state index contributed by atoms with van der Waals surface area (Å²) in [6.07, 6.45) is 0. The molecule has 2 aromatic carbocycles. The zero-order valence-electron chi connectivity index (χ0n) is 13.4. The van der Waals surface area contributed by atoms with Gasteiger partial charge in [0.2, 0.25) is 5.95 Å². The van der Waals surface area contributed by atoms with Gasteiger partial charge in [-0.2, -0.15) is 4.98 Å². The Morgan fingerprint density at radius 3 is 2.42 bits per heavy atom. The van der Waals surface area contributed by atoms with E-state index in [1.54, 1.807) is 25.3 Å². The van der Waals surface area contributed by atoms with Crippen LogP contribution in [0.2, 0.25) is 0 Å². The molecular weight excluding hydrogens is 307 g/mol. The number of benzene rings is 2. The highest BCUT2D eigenvalue weighted by Crippen LogP contribution is 2.22. The molecule has 0 bridgehead atoms. The zero-order chi connectivity index (χ0) is 16.9. The minimum Gasteiger partial charge on any atom is -0.497 e. The lowest BCUT2D eigenvalue weighted by molar-refractivity contribution is 0.415. The van der Waals surface area contributed by atoms with E-state index in [1.807, 2.05) is 37.3 Å². The van der Waals surface area contributed by atoms with Crippen molar-refractivity contribution in [3.63, 3.8) is 0 Å². The molecule has 3 aromatic rings. The highest BCUT2D eigenvalue weighted by Gasteiger charge is 2.06. The molecule has 0 spiro atoms. The van der Waals surface area contributed by atoms with E-state index in [-0.39, 0.29) is 5.82 Å². The molecule has 5 nitrogen and oxygen atoms in total. The fraction of sp³-hybridized carbons (Fsp3) is 0.111. The highest BCUT2D eigenvalue weighted by molar-refractivity contribution is 5.61. The van der Waals surface area contributed by atoms with Crippen LogP contribution in [-0.2, 0) is 0 Å². The summed E-state index contributed by atoms with van der Waals surface area (Å²) >= 11 is 0. The Balaban J connectivity index is 1.81. The number of nitrogens with one attached hydrogen (secondary N) is 2. The second-order valence-electron chi connectivity index (χ2n) is 5.18. The van der Waals surface area contributed by atoms with Gasteiger partial charge in [-0.1, -0.05) is 12.1 Å². The largest absolute Gasteiger partial charge is 0.497 e. The van der Waals surface area contributed by atoms with Gasteiger partial charge in [-0.25, -0.2) is 9.37 Å². The monoisotopic (exact) mass is 324 g/mol. The van der Waals surface area contributed by atoms with Crippen LogP contribution in [0.4, 0.5) is 27.5 Å². The standard InChI is InChI=1S/C18H17FN4O/c1-12-11-17(21-13-7-9-14(24-2)10-8-13)23-18(20-12)22-16-6-4-3-5-15(16)19/h3-11H,1-2H3,(H2,20,21,22,23). The van der Waals surface area contributed by atoms with Crippen LogP contribution in [0.15, 0.2) is 54.6 Å². The maximum atomic E-state index is 13.7. The van der Waals surface area contributed by atoms with Crippen molar-refractivity contribution in [3.05, 3.63) is 66.1 Å². The van der Waals surface area contributed by atoms with Gasteiger partial charge in [-0.05, 0) is 43.3 Å². The van der Waals surface area contributed by atoms with E-state index < -0.39 is 0 Å². The Hall–Kier alpha value is -3.15. The van der Waals surface area contributed by atoms with Crippen molar-refractivity contribution in [3.8, 4) is 5.75 Å². The van der Waals surface area contributed by atoms with Crippen LogP contribution in [-0.4, -0.2) is 17.1 Å². The molecule has 122 valence electrons. The molecule has 0 unspecified atom stereocenters. The molecule has 1 aromatic heterocycles. The number of nitrogens with zero attached hydrogens (tertiary/aromatic N) is 2. The number of aromatic nitrogens is 2. The lowest BCUT2D eigenvalue weighted by atomic mass is 10.3. The van der Waals surface area contributed by atoms with Crippen molar-refractivity contribution in [2.45, 2.75) is 6.92 Å². The maximum Gasteiger partial charge on any atom is 0.229 e. The molecule has 0 fully saturated rings. The Kier molecular flexibility index (Phi) is 4.56. The first-order chi connectivity index (χ1) is 11.6. The van der Waals surface area contributed by atoms with E-state index in [0.29, 0.717) is 17.5 Å². The molecule has 1 heterocycles. The minimum atomic E-state index is -0.354. The number of aryl methyl sites for hydroxylation is 1. The summed E-state index contributed by atoms with van der Waals surface area (Å²) in [5.41, 5.74) is 1.96. The van der Waals surface area contributed by atoms with E-state index in [4.69, 9.17) is 4.74 Å². The number of hydrogen-bond acceptors (Lipinski definition) is 5. The Morgan fingerprint density at radius 2 is 1.71 bits per heavy atom. The number of halogens is 1. The fourth-order valence-electron chi connectivity index (χ4n) is 2.19. The SMILES string of the molecule is COc1ccc(Nc2cc(C)nc(Nc3ccccc3F)n2)cc1. The van der Waals surface area contributed by atoms with Gasteiger partial charge in [0.05, 0.1) is 12.8 Å². The molecule has 24 heavy (non-hydrogen) atoms. The zero-order valence-corrected chi connectivity index (χ0v) is 13.4. The van der Waals surface area contributed by atoms with Crippen molar-refractivity contribution in [2.24, 2.45) is 0 Å². The quantitative estimate of drug-likeness (QED) is 0.727. The van der Waals surface area contributed by atoms with Crippen molar-refractivity contribution >= 4 is 23.1 Å². The molecule has 0 amide bonds. The Bertz CT molecular complexity index is 837. The summed E-state index contributed by atoms with van der Waals surface area (Å²) in [5, 5.41) is 6.10. The first-order valence-electron chi connectivity index (χ1n) is 7.42. The van der Waals surface area contributed by atoms with Crippen LogP contribution in [0.3, 0.4) is 0 Å². The van der Waals surface area contributed by atoms with Crippen molar-refractivity contribution in [2.75, 3.05) is 17.7 Å². The summed E-state index contributed by atoms with van der Waals surface area (Å²) in [6, 6.07) is 15.7. The summed E-state index contributed by atoms with van der Waals surface area (Å²) < 4.78 is 18.9. The second-order valence-corrected chi connectivity index (χ2v) is 5.18. The molecule has 0 aliphatic heterocycles. The van der Waals surface area contributed by atoms with Gasteiger partial charge in [-0.3, -0.25) is 0 Å². The normalized spacial score (nSPS) is 10.3. The third-order valence-corrected chi connectivity index (χ3v) is 3.34. The molecular formula is C18H17FN4O. The topological polar surface area (TPSA) is 59.1 Å². The molecule has 6 heteroatoms. The maximum absolute atomic E-state index is 13.7. The summed E-state index contributed by atoms with van der Waals surface area (Å²) in [5.74, 6) is 1.37. The third kappa shape index (κ3) is 3.78. The molecule has 0 aliphatic carbocycles. The molecule has 0 saturated carbocycles. The number of anilines is 4. The van der Waals surface area contributed by atoms with Gasteiger partial charge >= 0.3 is 0 Å².